The third-order valence-corrected chi connectivity index (χ3v) is 4.11. The Morgan fingerprint density at radius 2 is 1.83 bits per heavy atom. The Bertz CT molecular complexity index is 636. The van der Waals surface area contributed by atoms with E-state index in [0.29, 0.717) is 13.0 Å². The van der Waals surface area contributed by atoms with E-state index in [1.807, 2.05) is 30.3 Å². The summed E-state index contributed by atoms with van der Waals surface area (Å²) in [6.07, 6.45) is 0.540. The minimum absolute atomic E-state index is 0.0233. The van der Waals surface area contributed by atoms with Crippen LogP contribution in [0.4, 0.5) is 8.78 Å². The third kappa shape index (κ3) is 4.76. The number of ether oxygens (including phenoxy) is 2. The smallest absolute Gasteiger partial charge is 0.387 e. The highest BCUT2D eigenvalue weighted by molar-refractivity contribution is 5.34. The van der Waals surface area contributed by atoms with Crippen molar-refractivity contribution in [1.82, 2.24) is 4.90 Å². The highest BCUT2D eigenvalue weighted by Gasteiger charge is 2.22. The first-order chi connectivity index (χ1) is 11.7. The van der Waals surface area contributed by atoms with Gasteiger partial charge in [0.05, 0.1) is 12.7 Å². The van der Waals surface area contributed by atoms with Crippen LogP contribution in [0.2, 0.25) is 0 Å². The van der Waals surface area contributed by atoms with E-state index in [0.717, 1.165) is 25.2 Å². The molecule has 2 aromatic rings. The van der Waals surface area contributed by atoms with Gasteiger partial charge in [-0.2, -0.15) is 8.78 Å². The van der Waals surface area contributed by atoms with E-state index in [-0.39, 0.29) is 11.9 Å². The van der Waals surface area contributed by atoms with Crippen molar-refractivity contribution >= 4 is 0 Å². The predicted molar refractivity (Wildman–Crippen MR) is 88.2 cm³/mol. The molecule has 1 aliphatic rings. The van der Waals surface area contributed by atoms with Crippen LogP contribution in [0.25, 0.3) is 0 Å². The molecule has 1 fully saturated rings. The summed E-state index contributed by atoms with van der Waals surface area (Å²) in [5.74, 6) is 0.233. The zero-order chi connectivity index (χ0) is 16.8. The number of alkyl halides is 2. The Morgan fingerprint density at radius 3 is 2.62 bits per heavy atom. The van der Waals surface area contributed by atoms with Crippen molar-refractivity contribution < 1.29 is 18.3 Å². The van der Waals surface area contributed by atoms with Gasteiger partial charge in [0.25, 0.3) is 0 Å². The molecule has 3 nitrogen and oxygen atoms in total. The number of para-hydroxylation sites is 1. The van der Waals surface area contributed by atoms with Gasteiger partial charge < -0.3 is 9.47 Å². The molecule has 2 aromatic carbocycles. The maximum absolute atomic E-state index is 12.5. The lowest BCUT2D eigenvalue weighted by molar-refractivity contribution is -0.0526. The summed E-state index contributed by atoms with van der Waals surface area (Å²) >= 11 is 0. The van der Waals surface area contributed by atoms with E-state index in [9.17, 15) is 8.78 Å². The van der Waals surface area contributed by atoms with Crippen molar-refractivity contribution in [2.45, 2.75) is 25.7 Å². The molecular weight excluding hydrogens is 312 g/mol. The molecule has 1 saturated heterocycles. The summed E-state index contributed by atoms with van der Waals surface area (Å²) in [4.78, 5) is 2.33. The number of rotatable bonds is 6. The van der Waals surface area contributed by atoms with Crippen LogP contribution in [0.3, 0.4) is 0 Å². The number of nitrogens with zero attached hydrogens (tertiary/aromatic N) is 1. The zero-order valence-electron chi connectivity index (χ0n) is 13.4. The van der Waals surface area contributed by atoms with Crippen molar-refractivity contribution in [2.24, 2.45) is 0 Å². The topological polar surface area (TPSA) is 21.7 Å². The van der Waals surface area contributed by atoms with Crippen LogP contribution in [0, 0.1) is 0 Å². The molecule has 0 spiro atoms. The minimum Gasteiger partial charge on any atom is -0.435 e. The summed E-state index contributed by atoms with van der Waals surface area (Å²) in [5.41, 5.74) is 2.02. The minimum atomic E-state index is -2.81. The molecule has 128 valence electrons. The molecule has 1 heterocycles. The molecule has 0 N–H and O–H groups in total. The van der Waals surface area contributed by atoms with Gasteiger partial charge in [-0.3, -0.25) is 4.90 Å². The molecule has 0 radical (unpaired) electrons. The van der Waals surface area contributed by atoms with Gasteiger partial charge >= 0.3 is 6.61 Å². The summed E-state index contributed by atoms with van der Waals surface area (Å²) < 4.78 is 35.5. The van der Waals surface area contributed by atoms with E-state index in [1.165, 1.54) is 5.56 Å². The molecule has 0 bridgehead atoms. The Hall–Kier alpha value is -1.98. The first-order valence-corrected chi connectivity index (χ1v) is 8.11. The van der Waals surface area contributed by atoms with Gasteiger partial charge in [0.2, 0.25) is 0 Å². The van der Waals surface area contributed by atoms with Crippen LogP contribution in [0.5, 0.6) is 5.75 Å². The molecule has 1 aliphatic heterocycles. The number of hydrogen-bond donors (Lipinski definition) is 0. The molecule has 0 aromatic heterocycles. The lowest BCUT2D eigenvalue weighted by atomic mass is 10.0. The Morgan fingerprint density at radius 1 is 1.08 bits per heavy atom. The second-order valence-corrected chi connectivity index (χ2v) is 5.90. The first-order valence-electron chi connectivity index (χ1n) is 8.11. The monoisotopic (exact) mass is 333 g/mol. The van der Waals surface area contributed by atoms with Gasteiger partial charge in [-0.25, -0.2) is 0 Å². The molecule has 1 atom stereocenters. The Labute approximate surface area is 140 Å². The van der Waals surface area contributed by atoms with Crippen molar-refractivity contribution in [2.75, 3.05) is 19.7 Å². The van der Waals surface area contributed by atoms with Crippen LogP contribution in [-0.4, -0.2) is 37.3 Å². The lowest BCUT2D eigenvalue weighted by Gasteiger charge is -2.33. The molecule has 1 unspecified atom stereocenters. The fourth-order valence-corrected chi connectivity index (χ4v) is 3.02. The normalized spacial score (nSPS) is 18.7. The van der Waals surface area contributed by atoms with Crippen molar-refractivity contribution in [3.8, 4) is 5.75 Å². The second-order valence-electron chi connectivity index (χ2n) is 5.90. The second kappa shape index (κ2) is 8.22. The van der Waals surface area contributed by atoms with Gasteiger partial charge in [-0.15, -0.1) is 0 Å². The lowest BCUT2D eigenvalue weighted by Crippen LogP contribution is -2.42. The van der Waals surface area contributed by atoms with Gasteiger partial charge in [0.1, 0.15) is 5.75 Å². The van der Waals surface area contributed by atoms with Crippen molar-refractivity contribution in [1.29, 1.82) is 0 Å². The quantitative estimate of drug-likeness (QED) is 0.804. The molecule has 3 rings (SSSR count). The third-order valence-electron chi connectivity index (χ3n) is 4.11. The largest absolute Gasteiger partial charge is 0.435 e. The average molecular weight is 333 g/mol. The highest BCUT2D eigenvalue weighted by Crippen LogP contribution is 2.23. The van der Waals surface area contributed by atoms with Crippen LogP contribution in [0.15, 0.2) is 54.6 Å². The molecular formula is C19H21F2NO2. The van der Waals surface area contributed by atoms with E-state index >= 15 is 0 Å². The number of halogens is 2. The molecule has 0 amide bonds. The number of morpholine rings is 1. The fraction of sp³-hybridized carbons (Fsp3) is 0.368. The van der Waals surface area contributed by atoms with E-state index in [4.69, 9.17) is 4.74 Å². The summed E-state index contributed by atoms with van der Waals surface area (Å²) in [6, 6.07) is 17.2. The van der Waals surface area contributed by atoms with E-state index in [1.54, 1.807) is 12.1 Å². The Balaban J connectivity index is 1.61. The van der Waals surface area contributed by atoms with Gasteiger partial charge in [0, 0.05) is 26.1 Å². The van der Waals surface area contributed by atoms with Crippen LogP contribution >= 0.6 is 0 Å². The summed E-state index contributed by atoms with van der Waals surface area (Å²) in [6.45, 7) is 0.358. The maximum Gasteiger partial charge on any atom is 0.387 e. The van der Waals surface area contributed by atoms with Gasteiger partial charge in [-0.05, 0) is 17.2 Å². The summed E-state index contributed by atoms with van der Waals surface area (Å²) in [5, 5.41) is 0. The van der Waals surface area contributed by atoms with E-state index < -0.39 is 6.61 Å². The molecule has 24 heavy (non-hydrogen) atoms. The van der Waals surface area contributed by atoms with E-state index in [2.05, 4.69) is 21.8 Å². The highest BCUT2D eigenvalue weighted by atomic mass is 19.3. The predicted octanol–water partition coefficient (Wildman–Crippen LogP) is 3.73. The standard InChI is InChI=1S/C19H21F2NO2/c20-19(21)24-18-9-5-4-8-16(18)12-17-14-22(10-11-23-17)13-15-6-2-1-3-7-15/h1-9,17,19H,10-14H2. The first kappa shape index (κ1) is 16.9. The van der Waals surface area contributed by atoms with Gasteiger partial charge in [0.15, 0.2) is 0 Å². The maximum atomic E-state index is 12.5. The molecule has 0 saturated carbocycles. The molecule has 5 heteroatoms. The van der Waals surface area contributed by atoms with Crippen molar-refractivity contribution in [3.05, 3.63) is 65.7 Å². The summed E-state index contributed by atoms with van der Waals surface area (Å²) in [7, 11) is 0. The average Bonchev–Trinajstić information content (AvgIpc) is 2.57. The fourth-order valence-electron chi connectivity index (χ4n) is 3.02. The van der Waals surface area contributed by atoms with Gasteiger partial charge in [-0.1, -0.05) is 48.5 Å². The van der Waals surface area contributed by atoms with Crippen LogP contribution < -0.4 is 4.74 Å². The van der Waals surface area contributed by atoms with Crippen LogP contribution in [0.1, 0.15) is 11.1 Å². The SMILES string of the molecule is FC(F)Oc1ccccc1CC1CN(Cc2ccccc2)CCO1. The zero-order valence-corrected chi connectivity index (χ0v) is 13.4. The van der Waals surface area contributed by atoms with Crippen molar-refractivity contribution in [3.63, 3.8) is 0 Å². The number of benzene rings is 2. The Kier molecular flexibility index (Phi) is 5.77. The molecule has 0 aliphatic carbocycles. The van der Waals surface area contributed by atoms with Crippen LogP contribution in [-0.2, 0) is 17.7 Å². The number of hydrogen-bond acceptors (Lipinski definition) is 3.